The van der Waals surface area contributed by atoms with E-state index in [0.717, 1.165) is 30.8 Å². The first kappa shape index (κ1) is 19.2. The Hall–Kier alpha value is -1.60. The number of hydrogen-bond donors (Lipinski definition) is 0. The molecule has 6 nitrogen and oxygen atoms in total. The fraction of sp³-hybridized carbons (Fsp3) is 0.632. The van der Waals surface area contributed by atoms with Crippen molar-refractivity contribution in [2.75, 3.05) is 38.2 Å². The lowest BCUT2D eigenvalue weighted by Crippen LogP contribution is -2.60. The molecule has 0 N–H and O–H groups in total. The summed E-state index contributed by atoms with van der Waals surface area (Å²) in [6.45, 7) is 4.36. The second-order valence-corrected chi connectivity index (χ2v) is 9.30. The maximum absolute atomic E-state index is 12.9. The van der Waals surface area contributed by atoms with Crippen LogP contribution in [0.4, 0.5) is 0 Å². The number of hydrogen-bond acceptors (Lipinski definition) is 5. The molecule has 3 rings (SSSR count). The number of methoxy groups -OCH3 is 1. The quantitative estimate of drug-likeness (QED) is 0.745. The van der Waals surface area contributed by atoms with Crippen LogP contribution in [0.2, 0.25) is 0 Å². The maximum Gasteiger partial charge on any atom is 0.223 e. The van der Waals surface area contributed by atoms with Crippen LogP contribution in [0.3, 0.4) is 0 Å². The van der Waals surface area contributed by atoms with E-state index in [2.05, 4.69) is 11.8 Å². The Morgan fingerprint density at radius 2 is 1.92 bits per heavy atom. The van der Waals surface area contributed by atoms with Gasteiger partial charge in [0.25, 0.3) is 0 Å². The lowest BCUT2D eigenvalue weighted by Gasteiger charge is -2.44. The summed E-state index contributed by atoms with van der Waals surface area (Å²) in [5.74, 6) is 1.10. The summed E-state index contributed by atoms with van der Waals surface area (Å²) in [6.07, 6.45) is 1.96. The van der Waals surface area contributed by atoms with Gasteiger partial charge in [-0.05, 0) is 31.0 Å². The molecule has 7 heteroatoms. The average Bonchev–Trinajstić information content (AvgIpc) is 2.95. The summed E-state index contributed by atoms with van der Waals surface area (Å²) in [5, 5.41) is 0. The Morgan fingerprint density at radius 1 is 1.19 bits per heavy atom. The third-order valence-corrected chi connectivity index (χ3v) is 7.12. The van der Waals surface area contributed by atoms with Crippen LogP contribution in [0.5, 0.6) is 5.75 Å². The first-order valence-corrected chi connectivity index (χ1v) is 11.1. The second kappa shape index (κ2) is 7.96. The molecule has 0 aliphatic carbocycles. The zero-order valence-electron chi connectivity index (χ0n) is 15.6. The molecular formula is C19H28N2O4S. The van der Waals surface area contributed by atoms with Gasteiger partial charge in [0.1, 0.15) is 5.75 Å². The molecule has 0 saturated carbocycles. The van der Waals surface area contributed by atoms with Gasteiger partial charge >= 0.3 is 0 Å². The number of ether oxygens (including phenoxy) is 1. The van der Waals surface area contributed by atoms with Crippen molar-refractivity contribution in [3.05, 3.63) is 29.8 Å². The highest BCUT2D eigenvalue weighted by molar-refractivity contribution is 7.91. The first-order valence-electron chi connectivity index (χ1n) is 9.31. The molecule has 0 aromatic heterocycles. The van der Waals surface area contributed by atoms with Gasteiger partial charge in [0.15, 0.2) is 9.84 Å². The molecule has 1 amide bonds. The van der Waals surface area contributed by atoms with Gasteiger partial charge in [-0.2, -0.15) is 0 Å². The van der Waals surface area contributed by atoms with E-state index in [0.29, 0.717) is 19.4 Å². The van der Waals surface area contributed by atoms with E-state index < -0.39 is 9.84 Å². The van der Waals surface area contributed by atoms with Crippen LogP contribution in [0.15, 0.2) is 24.3 Å². The Kier molecular flexibility index (Phi) is 5.87. The van der Waals surface area contributed by atoms with Crippen LogP contribution in [0, 0.1) is 0 Å². The van der Waals surface area contributed by atoms with Crippen molar-refractivity contribution in [3.8, 4) is 5.75 Å². The zero-order valence-corrected chi connectivity index (χ0v) is 16.4. The SMILES string of the molecule is CCCN1CCN(C(=O)CCc2ccccc2OC)[C@@H]2CS(=O)(=O)C[C@@H]21. The minimum atomic E-state index is -3.08. The number of rotatable bonds is 6. The third-order valence-electron chi connectivity index (χ3n) is 5.42. The van der Waals surface area contributed by atoms with Crippen molar-refractivity contribution < 1.29 is 17.9 Å². The van der Waals surface area contributed by atoms with E-state index in [1.54, 1.807) is 7.11 Å². The van der Waals surface area contributed by atoms with Crippen LogP contribution >= 0.6 is 0 Å². The lowest BCUT2D eigenvalue weighted by molar-refractivity contribution is -0.136. The van der Waals surface area contributed by atoms with Crippen LogP contribution in [0.25, 0.3) is 0 Å². The predicted octanol–water partition coefficient (Wildman–Crippen LogP) is 1.35. The number of carbonyl (C=O) groups is 1. The van der Waals surface area contributed by atoms with Crippen molar-refractivity contribution >= 4 is 15.7 Å². The average molecular weight is 381 g/mol. The molecule has 2 heterocycles. The van der Waals surface area contributed by atoms with Crippen molar-refractivity contribution in [2.45, 2.75) is 38.3 Å². The summed E-state index contributed by atoms with van der Waals surface area (Å²) in [7, 11) is -1.45. The highest BCUT2D eigenvalue weighted by Gasteiger charge is 2.47. The van der Waals surface area contributed by atoms with Gasteiger partial charge in [-0.15, -0.1) is 0 Å². The topological polar surface area (TPSA) is 66.9 Å². The van der Waals surface area contributed by atoms with Gasteiger partial charge in [-0.3, -0.25) is 9.69 Å². The van der Waals surface area contributed by atoms with Crippen LogP contribution in [-0.4, -0.2) is 74.5 Å². The second-order valence-electron chi connectivity index (χ2n) is 7.15. The molecule has 0 bridgehead atoms. The van der Waals surface area contributed by atoms with E-state index in [1.165, 1.54) is 0 Å². The van der Waals surface area contributed by atoms with E-state index in [-0.39, 0.29) is 29.5 Å². The highest BCUT2D eigenvalue weighted by Crippen LogP contribution is 2.28. The molecule has 2 aliphatic rings. The monoisotopic (exact) mass is 380 g/mol. The normalized spacial score (nSPS) is 25.1. The number of para-hydroxylation sites is 1. The van der Waals surface area contributed by atoms with E-state index in [4.69, 9.17) is 4.74 Å². The highest BCUT2D eigenvalue weighted by atomic mass is 32.2. The molecule has 2 atom stereocenters. The number of piperazine rings is 1. The Labute approximate surface area is 156 Å². The standard InChI is InChI=1S/C19H28N2O4S/c1-3-10-20-11-12-21(17-14-26(23,24)13-16(17)20)19(22)9-8-15-6-4-5-7-18(15)25-2/h4-7,16-17H,3,8-14H2,1-2H3/t16-,17+/m0/s1. The Morgan fingerprint density at radius 3 is 2.65 bits per heavy atom. The van der Waals surface area contributed by atoms with E-state index in [1.807, 2.05) is 29.2 Å². The van der Waals surface area contributed by atoms with E-state index in [9.17, 15) is 13.2 Å². The van der Waals surface area contributed by atoms with Crippen molar-refractivity contribution in [1.82, 2.24) is 9.80 Å². The minimum absolute atomic E-state index is 0.0409. The van der Waals surface area contributed by atoms with Crippen LogP contribution in [0.1, 0.15) is 25.3 Å². The van der Waals surface area contributed by atoms with Gasteiger partial charge in [0.2, 0.25) is 5.91 Å². The van der Waals surface area contributed by atoms with Crippen LogP contribution in [-0.2, 0) is 21.1 Å². The molecule has 0 radical (unpaired) electrons. The maximum atomic E-state index is 12.9. The van der Waals surface area contributed by atoms with Crippen LogP contribution < -0.4 is 4.74 Å². The molecule has 1 aromatic rings. The lowest BCUT2D eigenvalue weighted by atomic mass is 10.0. The number of sulfone groups is 1. The fourth-order valence-corrected chi connectivity index (χ4v) is 6.21. The third kappa shape index (κ3) is 4.04. The predicted molar refractivity (Wildman–Crippen MR) is 101 cm³/mol. The first-order chi connectivity index (χ1) is 12.4. The van der Waals surface area contributed by atoms with Gasteiger partial charge in [-0.25, -0.2) is 8.42 Å². The number of aryl methyl sites for hydroxylation is 1. The largest absolute Gasteiger partial charge is 0.496 e. The molecule has 2 fully saturated rings. The van der Waals surface area contributed by atoms with Gasteiger partial charge in [0, 0.05) is 25.6 Å². The number of benzene rings is 1. The molecular weight excluding hydrogens is 352 g/mol. The van der Waals surface area contributed by atoms with Crippen molar-refractivity contribution in [2.24, 2.45) is 0 Å². The molecule has 0 unspecified atom stereocenters. The van der Waals surface area contributed by atoms with Gasteiger partial charge in [0.05, 0.1) is 24.7 Å². The summed E-state index contributed by atoms with van der Waals surface area (Å²) in [5.41, 5.74) is 1.00. The summed E-state index contributed by atoms with van der Waals surface area (Å²) in [6, 6.07) is 7.45. The summed E-state index contributed by atoms with van der Waals surface area (Å²) in [4.78, 5) is 16.9. The van der Waals surface area contributed by atoms with Crippen molar-refractivity contribution in [3.63, 3.8) is 0 Å². The van der Waals surface area contributed by atoms with Gasteiger partial charge < -0.3 is 9.64 Å². The fourth-order valence-electron chi connectivity index (χ4n) is 4.19. The number of amides is 1. The van der Waals surface area contributed by atoms with Crippen molar-refractivity contribution in [1.29, 1.82) is 0 Å². The summed E-state index contributed by atoms with van der Waals surface area (Å²) < 4.78 is 29.7. The Balaban J connectivity index is 1.69. The minimum Gasteiger partial charge on any atom is -0.496 e. The van der Waals surface area contributed by atoms with E-state index >= 15 is 0 Å². The molecule has 0 spiro atoms. The number of nitrogens with zero attached hydrogens (tertiary/aromatic N) is 2. The number of carbonyl (C=O) groups excluding carboxylic acids is 1. The molecule has 2 aliphatic heterocycles. The summed E-state index contributed by atoms with van der Waals surface area (Å²) >= 11 is 0. The zero-order chi connectivity index (χ0) is 18.7. The van der Waals surface area contributed by atoms with Gasteiger partial charge in [-0.1, -0.05) is 25.1 Å². The Bertz CT molecular complexity index is 750. The molecule has 26 heavy (non-hydrogen) atoms. The smallest absolute Gasteiger partial charge is 0.223 e. The molecule has 144 valence electrons. The molecule has 2 saturated heterocycles. The molecule has 1 aromatic carbocycles. The number of fused-ring (bicyclic) bond motifs is 1.